The van der Waals surface area contributed by atoms with Gasteiger partial charge in [0, 0.05) is 18.1 Å². The first kappa shape index (κ1) is 28.4. The van der Waals surface area contributed by atoms with Gasteiger partial charge in [0.15, 0.2) is 6.23 Å². The summed E-state index contributed by atoms with van der Waals surface area (Å²) in [5.74, 6) is -0.0870. The zero-order valence-corrected chi connectivity index (χ0v) is 23.9. The number of carbonyl (C=O) groups is 1. The van der Waals surface area contributed by atoms with Gasteiger partial charge in [-0.15, -0.1) is 0 Å². The van der Waals surface area contributed by atoms with E-state index in [0.717, 1.165) is 95.7 Å². The minimum absolute atomic E-state index is 0.0184. The van der Waals surface area contributed by atoms with Crippen molar-refractivity contribution in [3.05, 3.63) is 101 Å². The highest BCUT2D eigenvalue weighted by atomic mass is 16.5. The molecule has 1 aliphatic rings. The molecule has 0 bridgehead atoms. The number of allylic oxidation sites excluding steroid dienone is 1. The third-order valence-corrected chi connectivity index (χ3v) is 7.53. The van der Waals surface area contributed by atoms with Crippen LogP contribution < -0.4 is 4.74 Å². The molecule has 6 nitrogen and oxygen atoms in total. The first-order valence-electron chi connectivity index (χ1n) is 14.6. The number of fused-ring (bicyclic) bond motifs is 1. The number of unbranched alkanes of at least 4 members (excludes halogenated alkanes) is 1. The first-order valence-corrected chi connectivity index (χ1v) is 14.6. The number of carboxylic acid groups (broad SMARTS) is 1. The van der Waals surface area contributed by atoms with Gasteiger partial charge >= 0.3 is 5.97 Å². The molecule has 1 fully saturated rings. The average molecular weight is 551 g/mol. The van der Waals surface area contributed by atoms with Gasteiger partial charge in [0.1, 0.15) is 5.75 Å². The molecule has 0 aliphatic carbocycles. The van der Waals surface area contributed by atoms with Gasteiger partial charge in [0.25, 0.3) is 0 Å². The van der Waals surface area contributed by atoms with E-state index in [0.29, 0.717) is 6.61 Å². The summed E-state index contributed by atoms with van der Waals surface area (Å²) in [5.41, 5.74) is 7.54. The molecule has 1 saturated heterocycles. The number of hydrogen-bond donors (Lipinski definition) is 1. The third kappa shape index (κ3) is 6.77. The van der Waals surface area contributed by atoms with Crippen molar-refractivity contribution in [1.29, 1.82) is 0 Å². The van der Waals surface area contributed by atoms with Crippen LogP contribution in [0.25, 0.3) is 28.1 Å². The van der Waals surface area contributed by atoms with E-state index in [1.54, 1.807) is 6.08 Å². The quantitative estimate of drug-likeness (QED) is 0.115. The van der Waals surface area contributed by atoms with Crippen LogP contribution in [-0.2, 0) is 9.53 Å². The first-order chi connectivity index (χ1) is 20.1. The summed E-state index contributed by atoms with van der Waals surface area (Å²) >= 11 is 0. The van der Waals surface area contributed by atoms with Gasteiger partial charge < -0.3 is 14.6 Å². The number of carboxylic acids is 1. The van der Waals surface area contributed by atoms with E-state index in [-0.39, 0.29) is 6.23 Å². The SMILES string of the molecule is CCCCOc1cccc(/C(CC)=C(\c2ccc(/C=C/C(=O)O)cc2)c2ccc3c(cnn3C3CCCCO3)c2)c1. The molecule has 0 radical (unpaired) electrons. The van der Waals surface area contributed by atoms with Crippen LogP contribution in [0.4, 0.5) is 0 Å². The fourth-order valence-corrected chi connectivity index (χ4v) is 5.43. The van der Waals surface area contributed by atoms with Gasteiger partial charge in [-0.05, 0) is 95.8 Å². The van der Waals surface area contributed by atoms with E-state index >= 15 is 0 Å². The number of benzene rings is 3. The predicted molar refractivity (Wildman–Crippen MR) is 165 cm³/mol. The second kappa shape index (κ2) is 13.5. The van der Waals surface area contributed by atoms with Gasteiger partial charge in [0.2, 0.25) is 0 Å². The molecule has 5 rings (SSSR count). The molecule has 4 aromatic rings. The average Bonchev–Trinajstić information content (AvgIpc) is 3.43. The Hall–Kier alpha value is -4.16. The predicted octanol–water partition coefficient (Wildman–Crippen LogP) is 8.38. The molecule has 41 heavy (non-hydrogen) atoms. The van der Waals surface area contributed by atoms with Gasteiger partial charge in [-0.3, -0.25) is 0 Å². The van der Waals surface area contributed by atoms with E-state index in [1.807, 2.05) is 29.1 Å². The Kier molecular flexibility index (Phi) is 9.32. The monoisotopic (exact) mass is 550 g/mol. The van der Waals surface area contributed by atoms with Crippen molar-refractivity contribution in [3.8, 4) is 5.75 Å². The lowest BCUT2D eigenvalue weighted by Crippen LogP contribution is -2.18. The van der Waals surface area contributed by atoms with Crippen LogP contribution in [0, 0.1) is 0 Å². The van der Waals surface area contributed by atoms with Crippen LogP contribution in [0.15, 0.2) is 79.0 Å². The lowest BCUT2D eigenvalue weighted by Gasteiger charge is -2.23. The van der Waals surface area contributed by atoms with Crippen LogP contribution in [-0.4, -0.2) is 34.1 Å². The van der Waals surface area contributed by atoms with Gasteiger partial charge in [-0.2, -0.15) is 5.10 Å². The van der Waals surface area contributed by atoms with Crippen LogP contribution in [0.5, 0.6) is 5.75 Å². The number of nitrogens with zero attached hydrogens (tertiary/aromatic N) is 2. The lowest BCUT2D eigenvalue weighted by molar-refractivity contribution is -0.131. The number of ether oxygens (including phenoxy) is 2. The molecule has 212 valence electrons. The Morgan fingerprint density at radius 1 is 1.05 bits per heavy atom. The summed E-state index contributed by atoms with van der Waals surface area (Å²) in [5, 5.41) is 14.8. The summed E-state index contributed by atoms with van der Waals surface area (Å²) < 4.78 is 14.1. The number of hydrogen-bond acceptors (Lipinski definition) is 4. The second-order valence-corrected chi connectivity index (χ2v) is 10.4. The fraction of sp³-hybridized carbons (Fsp3) is 0.314. The van der Waals surface area contributed by atoms with Crippen LogP contribution in [0.3, 0.4) is 0 Å². The van der Waals surface area contributed by atoms with E-state index < -0.39 is 5.97 Å². The van der Waals surface area contributed by atoms with Gasteiger partial charge in [-0.25, -0.2) is 9.48 Å². The maximum Gasteiger partial charge on any atom is 0.328 e. The molecule has 1 aromatic heterocycles. The van der Waals surface area contributed by atoms with Gasteiger partial charge in [0.05, 0.1) is 18.3 Å². The van der Waals surface area contributed by atoms with Crippen LogP contribution >= 0.6 is 0 Å². The highest BCUT2D eigenvalue weighted by Gasteiger charge is 2.20. The number of rotatable bonds is 11. The molecular formula is C35H38N2O4. The summed E-state index contributed by atoms with van der Waals surface area (Å²) in [6.07, 6.45) is 10.8. The molecule has 1 unspecified atom stereocenters. The molecule has 3 aromatic carbocycles. The topological polar surface area (TPSA) is 73.6 Å². The normalized spacial score (nSPS) is 16.2. The zero-order chi connectivity index (χ0) is 28.6. The van der Waals surface area contributed by atoms with Crippen molar-refractivity contribution in [2.45, 2.75) is 58.6 Å². The van der Waals surface area contributed by atoms with Crippen molar-refractivity contribution in [3.63, 3.8) is 0 Å². The minimum atomic E-state index is -0.962. The highest BCUT2D eigenvalue weighted by molar-refractivity contribution is 6.00. The van der Waals surface area contributed by atoms with Crippen LogP contribution in [0.1, 0.15) is 80.9 Å². The maximum atomic E-state index is 11.0. The smallest absolute Gasteiger partial charge is 0.328 e. The number of aliphatic carboxylic acids is 1. The summed E-state index contributed by atoms with van der Waals surface area (Å²) in [6, 6.07) is 23.0. The summed E-state index contributed by atoms with van der Waals surface area (Å²) in [4.78, 5) is 11.0. The molecule has 2 heterocycles. The van der Waals surface area contributed by atoms with Crippen molar-refractivity contribution in [2.24, 2.45) is 0 Å². The van der Waals surface area contributed by atoms with Crippen LogP contribution in [0.2, 0.25) is 0 Å². The maximum absolute atomic E-state index is 11.0. The molecule has 1 atom stereocenters. The standard InChI is InChI=1S/C35H38N2O4/c1-3-5-20-40-30-10-8-9-27(23-30)31(4-2)35(26-15-12-25(13-16-26)14-19-34(38)39)28-17-18-32-29(22-28)24-36-37(32)33-11-6-7-21-41-33/h8-10,12-19,22-24,33H,3-7,11,20-21H2,1-2H3,(H,38,39)/b19-14+,35-31+. The largest absolute Gasteiger partial charge is 0.494 e. The molecule has 0 saturated carbocycles. The van der Waals surface area contributed by atoms with E-state index in [1.165, 1.54) is 5.57 Å². The molecule has 1 aliphatic heterocycles. The Bertz CT molecular complexity index is 1540. The lowest BCUT2D eigenvalue weighted by atomic mass is 9.87. The molecule has 0 spiro atoms. The molecule has 6 heteroatoms. The fourth-order valence-electron chi connectivity index (χ4n) is 5.43. The van der Waals surface area contributed by atoms with E-state index in [2.05, 4.69) is 62.4 Å². The van der Waals surface area contributed by atoms with E-state index in [9.17, 15) is 4.79 Å². The summed E-state index contributed by atoms with van der Waals surface area (Å²) in [6.45, 7) is 5.82. The minimum Gasteiger partial charge on any atom is -0.494 e. The second-order valence-electron chi connectivity index (χ2n) is 10.4. The zero-order valence-electron chi connectivity index (χ0n) is 23.9. The Morgan fingerprint density at radius 3 is 2.61 bits per heavy atom. The third-order valence-electron chi connectivity index (χ3n) is 7.53. The van der Waals surface area contributed by atoms with Crippen molar-refractivity contribution in [2.75, 3.05) is 13.2 Å². The summed E-state index contributed by atoms with van der Waals surface area (Å²) in [7, 11) is 0. The molecular weight excluding hydrogens is 512 g/mol. The van der Waals surface area contributed by atoms with Gasteiger partial charge in [-0.1, -0.05) is 62.7 Å². The van der Waals surface area contributed by atoms with E-state index in [4.69, 9.17) is 19.7 Å². The Morgan fingerprint density at radius 2 is 1.88 bits per heavy atom. The number of aromatic nitrogens is 2. The Labute approximate surface area is 241 Å². The Balaban J connectivity index is 1.60. The molecule has 1 N–H and O–H groups in total. The van der Waals surface area contributed by atoms with Crippen molar-refractivity contribution >= 4 is 34.1 Å². The van der Waals surface area contributed by atoms with Crippen molar-refractivity contribution in [1.82, 2.24) is 9.78 Å². The highest BCUT2D eigenvalue weighted by Crippen LogP contribution is 2.37. The van der Waals surface area contributed by atoms with Crippen molar-refractivity contribution < 1.29 is 19.4 Å². The molecule has 0 amide bonds.